The molecule has 0 saturated carbocycles. The van der Waals surface area contributed by atoms with E-state index in [4.69, 9.17) is 16.3 Å². The van der Waals surface area contributed by atoms with Crippen LogP contribution in [0.25, 0.3) is 5.69 Å². The molecule has 2 aromatic carbocycles. The van der Waals surface area contributed by atoms with E-state index in [9.17, 15) is 4.79 Å². The van der Waals surface area contributed by atoms with Crippen LogP contribution in [0.5, 0.6) is 5.75 Å². The molecule has 0 unspecified atom stereocenters. The second-order valence-electron chi connectivity index (χ2n) is 6.46. The minimum absolute atomic E-state index is 0.190. The van der Waals surface area contributed by atoms with Crippen molar-refractivity contribution in [2.45, 2.75) is 37.2 Å². The van der Waals surface area contributed by atoms with Gasteiger partial charge in [0.25, 0.3) is 5.91 Å². The second kappa shape index (κ2) is 9.80. The maximum atomic E-state index is 12.5. The van der Waals surface area contributed by atoms with Gasteiger partial charge in [0.2, 0.25) is 0 Å². The molecule has 1 aromatic heterocycles. The molecule has 8 heteroatoms. The molecule has 0 bridgehead atoms. The molecule has 0 spiro atoms. The molecule has 1 atom stereocenters. The number of thioether (sulfide) groups is 1. The van der Waals surface area contributed by atoms with Crippen LogP contribution in [0, 0.1) is 0 Å². The fraction of sp³-hybridized carbons (Fsp3) is 0.286. The zero-order valence-electron chi connectivity index (χ0n) is 16.6. The average molecular weight is 431 g/mol. The highest BCUT2D eigenvalue weighted by molar-refractivity contribution is 7.99. The van der Waals surface area contributed by atoms with Crippen molar-refractivity contribution in [3.63, 3.8) is 0 Å². The number of benzene rings is 2. The van der Waals surface area contributed by atoms with Crippen molar-refractivity contribution in [1.29, 1.82) is 0 Å². The standard InChI is InChI=1S/C21H23ClN4O2S/c1-4-14(2)29-21-25-24-19(26(21)17-7-5-6-16(22)12-17)13-23-20(27)15-8-10-18(28-3)11-9-15/h5-12,14H,4,13H2,1-3H3,(H,23,27)/t14-/m1/s1. The zero-order chi connectivity index (χ0) is 20.8. The molecular formula is C21H23ClN4O2S. The van der Waals surface area contributed by atoms with E-state index < -0.39 is 0 Å². The first kappa shape index (κ1) is 21.2. The van der Waals surface area contributed by atoms with E-state index >= 15 is 0 Å². The monoisotopic (exact) mass is 430 g/mol. The van der Waals surface area contributed by atoms with E-state index in [-0.39, 0.29) is 12.5 Å². The predicted molar refractivity (Wildman–Crippen MR) is 116 cm³/mol. The van der Waals surface area contributed by atoms with E-state index in [1.165, 1.54) is 0 Å². The lowest BCUT2D eigenvalue weighted by atomic mass is 10.2. The Morgan fingerprint density at radius 2 is 2.00 bits per heavy atom. The van der Waals surface area contributed by atoms with Gasteiger partial charge in [0, 0.05) is 15.8 Å². The summed E-state index contributed by atoms with van der Waals surface area (Å²) in [7, 11) is 1.59. The van der Waals surface area contributed by atoms with E-state index in [1.807, 2.05) is 28.8 Å². The summed E-state index contributed by atoms with van der Waals surface area (Å²) in [6, 6.07) is 14.5. The predicted octanol–water partition coefficient (Wildman–Crippen LogP) is 4.75. The number of methoxy groups -OCH3 is 1. The van der Waals surface area contributed by atoms with Gasteiger partial charge in [0.05, 0.1) is 19.3 Å². The van der Waals surface area contributed by atoms with Crippen molar-refractivity contribution >= 4 is 29.3 Å². The molecule has 0 aliphatic carbocycles. The molecule has 0 saturated heterocycles. The van der Waals surface area contributed by atoms with Gasteiger partial charge >= 0.3 is 0 Å². The van der Waals surface area contributed by atoms with Gasteiger partial charge in [-0.15, -0.1) is 10.2 Å². The Morgan fingerprint density at radius 3 is 2.66 bits per heavy atom. The number of nitrogens with one attached hydrogen (secondary N) is 1. The van der Waals surface area contributed by atoms with Crippen molar-refractivity contribution < 1.29 is 9.53 Å². The zero-order valence-corrected chi connectivity index (χ0v) is 18.1. The average Bonchev–Trinajstić information content (AvgIpc) is 3.14. The SMILES string of the molecule is CC[C@@H](C)Sc1nnc(CNC(=O)c2ccc(OC)cc2)n1-c1cccc(Cl)c1. The first-order valence-corrected chi connectivity index (χ1v) is 10.6. The van der Waals surface area contributed by atoms with Gasteiger partial charge in [0.15, 0.2) is 11.0 Å². The fourth-order valence-corrected chi connectivity index (χ4v) is 3.75. The van der Waals surface area contributed by atoms with Gasteiger partial charge in [0.1, 0.15) is 5.75 Å². The van der Waals surface area contributed by atoms with E-state index in [2.05, 4.69) is 29.4 Å². The smallest absolute Gasteiger partial charge is 0.251 e. The third-order valence-electron chi connectivity index (χ3n) is 4.41. The van der Waals surface area contributed by atoms with Crippen LogP contribution in [-0.2, 0) is 6.54 Å². The molecule has 3 rings (SSSR count). The third kappa shape index (κ3) is 5.31. The number of halogens is 1. The second-order valence-corrected chi connectivity index (χ2v) is 8.30. The van der Waals surface area contributed by atoms with Crippen LogP contribution >= 0.6 is 23.4 Å². The number of ether oxygens (including phenoxy) is 1. The van der Waals surface area contributed by atoms with E-state index in [0.29, 0.717) is 27.4 Å². The molecule has 0 radical (unpaired) electrons. The lowest BCUT2D eigenvalue weighted by molar-refractivity contribution is 0.0949. The minimum atomic E-state index is -0.190. The van der Waals surface area contributed by atoms with Crippen molar-refractivity contribution in [2.24, 2.45) is 0 Å². The Hall–Kier alpha value is -2.51. The summed E-state index contributed by atoms with van der Waals surface area (Å²) < 4.78 is 7.07. The molecule has 152 valence electrons. The molecule has 6 nitrogen and oxygen atoms in total. The summed E-state index contributed by atoms with van der Waals surface area (Å²) in [4.78, 5) is 12.5. The van der Waals surface area contributed by atoms with E-state index in [0.717, 1.165) is 17.3 Å². The molecular weight excluding hydrogens is 408 g/mol. The molecule has 0 aliphatic heterocycles. The first-order valence-electron chi connectivity index (χ1n) is 9.31. The molecule has 0 aliphatic rings. The Bertz CT molecular complexity index is 975. The highest BCUT2D eigenvalue weighted by Gasteiger charge is 2.17. The summed E-state index contributed by atoms with van der Waals surface area (Å²) in [5.41, 5.74) is 1.41. The summed E-state index contributed by atoms with van der Waals surface area (Å²) in [6.45, 7) is 4.52. The number of aromatic nitrogens is 3. The maximum absolute atomic E-state index is 12.5. The highest BCUT2D eigenvalue weighted by Crippen LogP contribution is 2.28. The number of carbonyl (C=O) groups is 1. The molecule has 0 fully saturated rings. The van der Waals surface area contributed by atoms with Gasteiger partial charge in [-0.2, -0.15) is 0 Å². The Morgan fingerprint density at radius 1 is 1.24 bits per heavy atom. The lowest BCUT2D eigenvalue weighted by Crippen LogP contribution is -2.24. The highest BCUT2D eigenvalue weighted by atomic mass is 35.5. The van der Waals surface area contributed by atoms with Crippen molar-refractivity contribution in [3.8, 4) is 11.4 Å². The molecule has 29 heavy (non-hydrogen) atoms. The van der Waals surface area contributed by atoms with Crippen molar-refractivity contribution in [1.82, 2.24) is 20.1 Å². The largest absolute Gasteiger partial charge is 0.497 e. The van der Waals surface area contributed by atoms with Crippen LogP contribution in [-0.4, -0.2) is 33.0 Å². The fourth-order valence-electron chi connectivity index (χ4n) is 2.63. The molecule has 3 aromatic rings. The third-order valence-corrected chi connectivity index (χ3v) is 5.85. The summed E-state index contributed by atoms with van der Waals surface area (Å²) >= 11 is 7.84. The molecule has 1 N–H and O–H groups in total. The number of nitrogens with zero attached hydrogens (tertiary/aromatic N) is 3. The van der Waals surface area contributed by atoms with Crippen molar-refractivity contribution in [3.05, 3.63) is 64.9 Å². The minimum Gasteiger partial charge on any atom is -0.497 e. The molecule has 1 heterocycles. The van der Waals surface area contributed by atoms with Gasteiger partial charge in [-0.25, -0.2) is 0 Å². The van der Waals surface area contributed by atoms with Gasteiger partial charge < -0.3 is 10.1 Å². The number of rotatable bonds is 8. The number of hydrogen-bond donors (Lipinski definition) is 1. The topological polar surface area (TPSA) is 69.0 Å². The Kier molecular flexibility index (Phi) is 7.17. The Balaban J connectivity index is 1.83. The van der Waals surface area contributed by atoms with Crippen molar-refractivity contribution in [2.75, 3.05) is 7.11 Å². The Labute approximate surface area is 179 Å². The normalized spacial score (nSPS) is 11.9. The summed E-state index contributed by atoms with van der Waals surface area (Å²) in [5.74, 6) is 1.15. The van der Waals surface area contributed by atoms with Crippen LogP contribution in [0.2, 0.25) is 5.02 Å². The van der Waals surface area contributed by atoms with E-state index in [1.54, 1.807) is 43.1 Å². The van der Waals surface area contributed by atoms with Gasteiger partial charge in [-0.05, 0) is 48.9 Å². The maximum Gasteiger partial charge on any atom is 0.251 e. The number of amides is 1. The van der Waals surface area contributed by atoms with Gasteiger partial charge in [-0.1, -0.05) is 43.3 Å². The number of hydrogen-bond acceptors (Lipinski definition) is 5. The van der Waals surface area contributed by atoms with Crippen LogP contribution in [0.3, 0.4) is 0 Å². The molecule has 1 amide bonds. The quantitative estimate of drug-likeness (QED) is 0.522. The summed E-state index contributed by atoms with van der Waals surface area (Å²) in [6.07, 6.45) is 1.01. The first-order chi connectivity index (χ1) is 14.0. The summed E-state index contributed by atoms with van der Waals surface area (Å²) in [5, 5.41) is 13.4. The van der Waals surface area contributed by atoms with Crippen LogP contribution in [0.1, 0.15) is 36.5 Å². The van der Waals surface area contributed by atoms with Crippen LogP contribution in [0.15, 0.2) is 53.7 Å². The lowest BCUT2D eigenvalue weighted by Gasteiger charge is -2.13. The number of carbonyl (C=O) groups excluding carboxylic acids is 1. The van der Waals surface area contributed by atoms with Gasteiger partial charge in [-0.3, -0.25) is 9.36 Å². The van der Waals surface area contributed by atoms with Crippen LogP contribution < -0.4 is 10.1 Å². The van der Waals surface area contributed by atoms with Crippen LogP contribution in [0.4, 0.5) is 0 Å².